The maximum Gasteiger partial charge on any atom is 0.0999 e. The van der Waals surface area contributed by atoms with Gasteiger partial charge in [-0.1, -0.05) is 60.7 Å². The average Bonchev–Trinajstić information content (AvgIpc) is 2.79. The molecule has 3 aromatic carbocycles. The quantitative estimate of drug-likeness (QED) is 0.321. The highest BCUT2D eigenvalue weighted by atomic mass is 14.8. The normalized spacial score (nSPS) is 11.0. The summed E-state index contributed by atoms with van der Waals surface area (Å²) in [4.78, 5) is 9.73. The van der Waals surface area contributed by atoms with Gasteiger partial charge < -0.3 is 0 Å². The Bertz CT molecular complexity index is 1450. The molecule has 0 amide bonds. The Kier molecular flexibility index (Phi) is 4.26. The van der Waals surface area contributed by atoms with E-state index in [-0.39, 0.29) is 0 Å². The summed E-state index contributed by atoms with van der Waals surface area (Å²) in [5.74, 6) is 0. The zero-order chi connectivity index (χ0) is 20.7. The van der Waals surface area contributed by atoms with Crippen molar-refractivity contribution in [2.45, 2.75) is 13.8 Å². The lowest BCUT2D eigenvalue weighted by atomic mass is 9.92. The number of nitrogens with zero attached hydrogens (tertiary/aromatic N) is 3. The summed E-state index contributed by atoms with van der Waals surface area (Å²) in [7, 11) is 0. The van der Waals surface area contributed by atoms with Crippen LogP contribution >= 0.6 is 0 Å². The van der Waals surface area contributed by atoms with E-state index in [1.54, 1.807) is 0 Å². The molecule has 0 unspecified atom stereocenters. The molecule has 5 rings (SSSR count). The number of hydrogen-bond acceptors (Lipinski definition) is 3. The number of aryl methyl sites for hydroxylation is 2. The van der Waals surface area contributed by atoms with Crippen LogP contribution in [-0.4, -0.2) is 9.97 Å². The highest BCUT2D eigenvalue weighted by Gasteiger charge is 2.18. The first-order chi connectivity index (χ1) is 14.7. The lowest BCUT2D eigenvalue weighted by Gasteiger charge is -2.15. The monoisotopic (exact) mass is 385 g/mol. The molecule has 142 valence electrons. The van der Waals surface area contributed by atoms with Crippen molar-refractivity contribution >= 4 is 21.8 Å². The molecule has 0 saturated carbocycles. The van der Waals surface area contributed by atoms with Crippen LogP contribution in [0.1, 0.15) is 17.0 Å². The van der Waals surface area contributed by atoms with Crippen LogP contribution in [0, 0.1) is 25.2 Å². The van der Waals surface area contributed by atoms with Crippen molar-refractivity contribution in [3.8, 4) is 28.3 Å². The number of nitriles is 1. The molecule has 0 spiro atoms. The molecule has 0 aliphatic carbocycles. The van der Waals surface area contributed by atoms with E-state index in [4.69, 9.17) is 9.97 Å². The van der Waals surface area contributed by atoms with E-state index in [1.165, 1.54) is 0 Å². The smallest absolute Gasteiger partial charge is 0.0999 e. The Morgan fingerprint density at radius 1 is 0.667 bits per heavy atom. The summed E-state index contributed by atoms with van der Waals surface area (Å²) >= 11 is 0. The minimum atomic E-state index is 0.617. The van der Waals surface area contributed by atoms with Gasteiger partial charge in [0.2, 0.25) is 0 Å². The maximum absolute atomic E-state index is 10.1. The second-order valence-electron chi connectivity index (χ2n) is 7.51. The standard InChI is InChI=1S/C27H19N3/c1-17-13-22(19-9-5-3-6-10-19)24-15-21(16-28)25-23(20-11-7-4-8-12-20)14-18(2)30-27(25)26(24)29-17/h3-15H,1-2H3. The van der Waals surface area contributed by atoms with Crippen LogP contribution < -0.4 is 0 Å². The minimum Gasteiger partial charge on any atom is -0.251 e. The maximum atomic E-state index is 10.1. The highest BCUT2D eigenvalue weighted by Crippen LogP contribution is 2.38. The van der Waals surface area contributed by atoms with Crippen LogP contribution in [0.15, 0.2) is 78.9 Å². The Morgan fingerprint density at radius 3 is 1.80 bits per heavy atom. The molecule has 2 aromatic heterocycles. The van der Waals surface area contributed by atoms with Gasteiger partial charge in [-0.3, -0.25) is 9.97 Å². The van der Waals surface area contributed by atoms with Crippen molar-refractivity contribution in [2.75, 3.05) is 0 Å². The van der Waals surface area contributed by atoms with E-state index in [0.29, 0.717) is 5.56 Å². The summed E-state index contributed by atoms with van der Waals surface area (Å²) in [6.07, 6.45) is 0. The molecular formula is C27H19N3. The zero-order valence-corrected chi connectivity index (χ0v) is 16.8. The van der Waals surface area contributed by atoms with Gasteiger partial charge in [0.05, 0.1) is 22.7 Å². The molecule has 0 radical (unpaired) electrons. The Morgan fingerprint density at radius 2 is 1.20 bits per heavy atom. The van der Waals surface area contributed by atoms with E-state index < -0.39 is 0 Å². The van der Waals surface area contributed by atoms with Crippen molar-refractivity contribution in [3.63, 3.8) is 0 Å². The Balaban J connectivity index is 1.98. The van der Waals surface area contributed by atoms with E-state index in [9.17, 15) is 5.26 Å². The predicted molar refractivity (Wildman–Crippen MR) is 122 cm³/mol. The zero-order valence-electron chi connectivity index (χ0n) is 16.8. The fourth-order valence-corrected chi connectivity index (χ4v) is 4.13. The molecule has 2 heterocycles. The van der Waals surface area contributed by atoms with Crippen molar-refractivity contribution in [1.29, 1.82) is 5.26 Å². The fraction of sp³-hybridized carbons (Fsp3) is 0.0741. The molecule has 0 bridgehead atoms. The molecule has 30 heavy (non-hydrogen) atoms. The third kappa shape index (κ3) is 2.91. The van der Waals surface area contributed by atoms with Gasteiger partial charge in [-0.25, -0.2) is 0 Å². The summed E-state index contributed by atoms with van der Waals surface area (Å²) in [6, 6.07) is 28.9. The van der Waals surface area contributed by atoms with Gasteiger partial charge in [-0.15, -0.1) is 0 Å². The summed E-state index contributed by atoms with van der Waals surface area (Å²) < 4.78 is 0. The van der Waals surface area contributed by atoms with Crippen molar-refractivity contribution in [3.05, 3.63) is 95.8 Å². The average molecular weight is 385 g/mol. The van der Waals surface area contributed by atoms with E-state index in [2.05, 4.69) is 42.5 Å². The minimum absolute atomic E-state index is 0.617. The van der Waals surface area contributed by atoms with Gasteiger partial charge in [-0.2, -0.15) is 5.26 Å². The first-order valence-corrected chi connectivity index (χ1v) is 9.92. The fourth-order valence-electron chi connectivity index (χ4n) is 4.13. The molecule has 0 saturated heterocycles. The third-order valence-electron chi connectivity index (χ3n) is 5.41. The lowest BCUT2D eigenvalue weighted by Crippen LogP contribution is -1.97. The van der Waals surface area contributed by atoms with Gasteiger partial charge in [0, 0.05) is 22.2 Å². The first-order valence-electron chi connectivity index (χ1n) is 9.92. The number of aromatic nitrogens is 2. The van der Waals surface area contributed by atoms with Gasteiger partial charge in [0.15, 0.2) is 0 Å². The van der Waals surface area contributed by atoms with E-state index in [0.717, 1.165) is 55.4 Å². The largest absolute Gasteiger partial charge is 0.251 e. The highest BCUT2D eigenvalue weighted by molar-refractivity contribution is 6.14. The van der Waals surface area contributed by atoms with Crippen molar-refractivity contribution < 1.29 is 0 Å². The summed E-state index contributed by atoms with van der Waals surface area (Å²) in [5.41, 5.74) is 8.33. The van der Waals surface area contributed by atoms with Gasteiger partial charge in [0.1, 0.15) is 0 Å². The molecule has 0 atom stereocenters. The molecule has 0 aliphatic heterocycles. The van der Waals surface area contributed by atoms with Gasteiger partial charge in [-0.05, 0) is 54.3 Å². The Hall–Kier alpha value is -4.03. The lowest BCUT2D eigenvalue weighted by molar-refractivity contribution is 1.23. The molecule has 0 fully saturated rings. The first kappa shape index (κ1) is 18.0. The second kappa shape index (κ2) is 7.09. The number of fused-ring (bicyclic) bond motifs is 3. The molecule has 0 aliphatic rings. The van der Waals surface area contributed by atoms with E-state index in [1.807, 2.05) is 56.3 Å². The second-order valence-corrected chi connectivity index (χ2v) is 7.51. The molecular weight excluding hydrogens is 366 g/mol. The number of hydrogen-bond donors (Lipinski definition) is 0. The molecule has 3 nitrogen and oxygen atoms in total. The number of rotatable bonds is 2. The van der Waals surface area contributed by atoms with Crippen LogP contribution in [0.3, 0.4) is 0 Å². The van der Waals surface area contributed by atoms with Crippen LogP contribution in [-0.2, 0) is 0 Å². The topological polar surface area (TPSA) is 49.6 Å². The predicted octanol–water partition coefficient (Wildman–Crippen LogP) is 6.61. The molecule has 3 heteroatoms. The molecule has 5 aromatic rings. The van der Waals surface area contributed by atoms with Crippen LogP contribution in [0.4, 0.5) is 0 Å². The van der Waals surface area contributed by atoms with Crippen molar-refractivity contribution in [1.82, 2.24) is 9.97 Å². The van der Waals surface area contributed by atoms with Crippen LogP contribution in [0.5, 0.6) is 0 Å². The van der Waals surface area contributed by atoms with Crippen LogP contribution in [0.2, 0.25) is 0 Å². The Labute approximate surface area is 175 Å². The van der Waals surface area contributed by atoms with Gasteiger partial charge in [0.25, 0.3) is 0 Å². The summed E-state index contributed by atoms with van der Waals surface area (Å²) in [6.45, 7) is 3.99. The summed E-state index contributed by atoms with van der Waals surface area (Å²) in [5, 5.41) is 11.9. The van der Waals surface area contributed by atoms with Crippen molar-refractivity contribution in [2.24, 2.45) is 0 Å². The number of pyridine rings is 2. The van der Waals surface area contributed by atoms with Crippen LogP contribution in [0.25, 0.3) is 44.1 Å². The molecule has 0 N–H and O–H groups in total. The number of benzene rings is 3. The third-order valence-corrected chi connectivity index (χ3v) is 5.41. The van der Waals surface area contributed by atoms with Gasteiger partial charge >= 0.3 is 0 Å². The van der Waals surface area contributed by atoms with E-state index >= 15 is 0 Å². The SMILES string of the molecule is Cc1cc(-c2ccccc2)c2cc(C#N)c3c(-c4ccccc4)cc(C)nc3c2n1.